The number of nitrogens with zero attached hydrogens (tertiary/aromatic N) is 1. The van der Waals surface area contributed by atoms with Gasteiger partial charge in [-0.1, -0.05) is 6.07 Å². The fourth-order valence-electron chi connectivity index (χ4n) is 3.55. The van der Waals surface area contributed by atoms with Gasteiger partial charge in [-0.15, -0.1) is 0 Å². The van der Waals surface area contributed by atoms with Gasteiger partial charge in [0.2, 0.25) is 10.0 Å². The molecule has 0 aliphatic heterocycles. The largest absolute Gasteiger partial charge is 0.497 e. The zero-order chi connectivity index (χ0) is 22.2. The number of hydrogen-bond acceptors (Lipinski definition) is 4. The number of benzene rings is 2. The van der Waals surface area contributed by atoms with Crippen molar-refractivity contribution < 1.29 is 17.9 Å². The molecule has 1 saturated carbocycles. The van der Waals surface area contributed by atoms with Gasteiger partial charge in [0.25, 0.3) is 5.91 Å². The van der Waals surface area contributed by atoms with Gasteiger partial charge in [0, 0.05) is 28.8 Å². The lowest BCUT2D eigenvalue weighted by atomic mass is 10.2. The summed E-state index contributed by atoms with van der Waals surface area (Å²) in [7, 11) is -1.97. The molecular formula is C23H25N3O4S. The predicted octanol–water partition coefficient (Wildman–Crippen LogP) is 3.80. The normalized spacial score (nSPS) is 13.8. The van der Waals surface area contributed by atoms with E-state index in [0.717, 1.165) is 35.7 Å². The molecule has 1 aliphatic carbocycles. The second kappa shape index (κ2) is 8.20. The summed E-state index contributed by atoms with van der Waals surface area (Å²) < 4.78 is 34.8. The average Bonchev–Trinajstić information content (AvgIpc) is 3.50. The molecule has 1 aromatic heterocycles. The highest BCUT2D eigenvalue weighted by Gasteiger charge is 2.28. The van der Waals surface area contributed by atoms with Crippen LogP contribution in [0.3, 0.4) is 0 Å². The van der Waals surface area contributed by atoms with Crippen LogP contribution in [0.2, 0.25) is 0 Å². The molecule has 4 rings (SSSR count). The number of amides is 1. The van der Waals surface area contributed by atoms with Crippen LogP contribution >= 0.6 is 0 Å². The molecule has 0 spiro atoms. The van der Waals surface area contributed by atoms with E-state index in [2.05, 4.69) is 10.0 Å². The number of anilines is 1. The van der Waals surface area contributed by atoms with E-state index in [1.807, 2.05) is 48.7 Å². The molecule has 31 heavy (non-hydrogen) atoms. The summed E-state index contributed by atoms with van der Waals surface area (Å²) >= 11 is 0. The second-order valence-corrected chi connectivity index (χ2v) is 9.41. The van der Waals surface area contributed by atoms with E-state index in [9.17, 15) is 13.2 Å². The van der Waals surface area contributed by atoms with Gasteiger partial charge >= 0.3 is 0 Å². The van der Waals surface area contributed by atoms with Crippen molar-refractivity contribution in [1.29, 1.82) is 0 Å². The molecule has 2 aromatic carbocycles. The molecule has 0 unspecified atom stereocenters. The van der Waals surface area contributed by atoms with Crippen molar-refractivity contribution in [2.24, 2.45) is 0 Å². The zero-order valence-corrected chi connectivity index (χ0v) is 18.5. The Bertz CT molecular complexity index is 1230. The third-order valence-electron chi connectivity index (χ3n) is 5.31. The van der Waals surface area contributed by atoms with Crippen molar-refractivity contribution in [1.82, 2.24) is 9.29 Å². The lowest BCUT2D eigenvalue weighted by Gasteiger charge is -2.11. The first-order valence-corrected chi connectivity index (χ1v) is 11.5. The molecule has 0 bridgehead atoms. The van der Waals surface area contributed by atoms with Crippen LogP contribution in [0, 0.1) is 13.8 Å². The number of aromatic nitrogens is 1. The quantitative estimate of drug-likeness (QED) is 0.586. The van der Waals surface area contributed by atoms with Crippen LogP contribution in [0.25, 0.3) is 5.69 Å². The lowest BCUT2D eigenvalue weighted by Crippen LogP contribution is -2.25. The van der Waals surface area contributed by atoms with Crippen LogP contribution in [0.5, 0.6) is 5.75 Å². The summed E-state index contributed by atoms with van der Waals surface area (Å²) in [5.41, 5.74) is 3.59. The smallest absolute Gasteiger partial charge is 0.257 e. The van der Waals surface area contributed by atoms with E-state index in [-0.39, 0.29) is 16.8 Å². The molecule has 7 nitrogen and oxygen atoms in total. The molecule has 1 fully saturated rings. The second-order valence-electron chi connectivity index (χ2n) is 7.70. The first-order valence-electron chi connectivity index (χ1n) is 10.1. The van der Waals surface area contributed by atoms with Crippen molar-refractivity contribution in [2.75, 3.05) is 12.4 Å². The highest BCUT2D eigenvalue weighted by Crippen LogP contribution is 2.25. The molecule has 0 atom stereocenters. The fourth-order valence-corrected chi connectivity index (χ4v) is 4.90. The van der Waals surface area contributed by atoms with E-state index in [0.29, 0.717) is 11.3 Å². The van der Waals surface area contributed by atoms with Crippen LogP contribution in [0.15, 0.2) is 59.5 Å². The van der Waals surface area contributed by atoms with E-state index >= 15 is 0 Å². The minimum absolute atomic E-state index is 0.0200. The summed E-state index contributed by atoms with van der Waals surface area (Å²) in [5, 5.41) is 2.83. The van der Waals surface area contributed by atoms with Crippen molar-refractivity contribution in [3.8, 4) is 11.4 Å². The Morgan fingerprint density at radius 1 is 1.06 bits per heavy atom. The van der Waals surface area contributed by atoms with Crippen LogP contribution in [0.4, 0.5) is 5.69 Å². The van der Waals surface area contributed by atoms with Gasteiger partial charge in [0.05, 0.1) is 17.6 Å². The number of rotatable bonds is 7. The highest BCUT2D eigenvalue weighted by molar-refractivity contribution is 7.89. The minimum Gasteiger partial charge on any atom is -0.497 e. The van der Waals surface area contributed by atoms with Crippen molar-refractivity contribution in [3.05, 3.63) is 71.5 Å². The number of sulfonamides is 1. The number of ether oxygens (including phenoxy) is 1. The van der Waals surface area contributed by atoms with Crippen LogP contribution in [0.1, 0.15) is 34.6 Å². The molecule has 162 valence electrons. The first kappa shape index (κ1) is 21.1. The number of aryl methyl sites for hydroxylation is 1. The molecule has 8 heteroatoms. The summed E-state index contributed by atoms with van der Waals surface area (Å²) in [5.74, 6) is 0.466. The monoisotopic (exact) mass is 439 g/mol. The van der Waals surface area contributed by atoms with Gasteiger partial charge in [0.1, 0.15) is 5.75 Å². The average molecular weight is 440 g/mol. The van der Waals surface area contributed by atoms with Gasteiger partial charge < -0.3 is 14.6 Å². The SMILES string of the molecule is COc1ccc(-n2c(C)cc(C(=O)Nc3cccc(S(=O)(=O)NC4CC4)c3)c2C)cc1. The van der Waals surface area contributed by atoms with Crippen molar-refractivity contribution in [3.63, 3.8) is 0 Å². The summed E-state index contributed by atoms with van der Waals surface area (Å²) in [6.07, 6.45) is 1.72. The molecule has 2 N–H and O–H groups in total. The summed E-state index contributed by atoms with van der Waals surface area (Å²) in [4.78, 5) is 13.1. The Hall–Kier alpha value is -3.10. The third kappa shape index (κ3) is 4.50. The van der Waals surface area contributed by atoms with Gasteiger partial charge in [-0.3, -0.25) is 4.79 Å². The maximum absolute atomic E-state index is 13.0. The summed E-state index contributed by atoms with van der Waals surface area (Å²) in [6, 6.07) is 15.8. The molecule has 0 radical (unpaired) electrons. The Balaban J connectivity index is 1.57. The van der Waals surface area contributed by atoms with E-state index in [1.54, 1.807) is 19.2 Å². The Morgan fingerprint density at radius 2 is 1.77 bits per heavy atom. The highest BCUT2D eigenvalue weighted by atomic mass is 32.2. The van der Waals surface area contributed by atoms with Gasteiger partial charge in [-0.05, 0) is 75.2 Å². The molecule has 1 aliphatic rings. The van der Waals surface area contributed by atoms with E-state index < -0.39 is 10.0 Å². The Labute approximate surface area is 182 Å². The van der Waals surface area contributed by atoms with Crippen LogP contribution < -0.4 is 14.8 Å². The van der Waals surface area contributed by atoms with Gasteiger partial charge in [-0.25, -0.2) is 13.1 Å². The number of nitrogens with one attached hydrogen (secondary N) is 2. The van der Waals surface area contributed by atoms with E-state index in [1.165, 1.54) is 12.1 Å². The van der Waals surface area contributed by atoms with Gasteiger partial charge in [0.15, 0.2) is 0 Å². The summed E-state index contributed by atoms with van der Waals surface area (Å²) in [6.45, 7) is 3.82. The number of methoxy groups -OCH3 is 1. The third-order valence-corrected chi connectivity index (χ3v) is 6.83. The predicted molar refractivity (Wildman–Crippen MR) is 120 cm³/mol. The fraction of sp³-hybridized carbons (Fsp3) is 0.261. The Morgan fingerprint density at radius 3 is 2.42 bits per heavy atom. The maximum atomic E-state index is 13.0. The molecule has 1 amide bonds. The Kier molecular flexibility index (Phi) is 5.60. The van der Waals surface area contributed by atoms with Crippen LogP contribution in [-0.4, -0.2) is 32.0 Å². The number of hydrogen-bond donors (Lipinski definition) is 2. The first-order chi connectivity index (χ1) is 14.8. The minimum atomic E-state index is -3.59. The molecular weight excluding hydrogens is 414 g/mol. The maximum Gasteiger partial charge on any atom is 0.257 e. The van der Waals surface area contributed by atoms with Crippen molar-refractivity contribution in [2.45, 2.75) is 37.6 Å². The standard InChI is InChI=1S/C23H25N3O4S/c1-15-13-22(16(2)26(15)19-9-11-20(30-3)12-10-19)23(27)24-18-5-4-6-21(14-18)31(28,29)25-17-7-8-17/h4-6,9-14,17,25H,7-8H2,1-3H3,(H,24,27). The zero-order valence-electron chi connectivity index (χ0n) is 17.7. The van der Waals surface area contributed by atoms with Crippen molar-refractivity contribution >= 4 is 21.6 Å². The van der Waals surface area contributed by atoms with Crippen LogP contribution in [-0.2, 0) is 10.0 Å². The topological polar surface area (TPSA) is 89.4 Å². The number of carbonyl (C=O) groups is 1. The van der Waals surface area contributed by atoms with Gasteiger partial charge in [-0.2, -0.15) is 0 Å². The molecule has 0 saturated heterocycles. The number of carbonyl (C=O) groups excluding carboxylic acids is 1. The lowest BCUT2D eigenvalue weighted by molar-refractivity contribution is 0.102. The van der Waals surface area contributed by atoms with E-state index in [4.69, 9.17) is 4.74 Å². The molecule has 1 heterocycles. The molecule has 3 aromatic rings.